The molecule has 150 valence electrons. The van der Waals surface area contributed by atoms with E-state index in [-0.39, 0.29) is 28.8 Å². The van der Waals surface area contributed by atoms with Crippen LogP contribution < -0.4 is 19.5 Å². The van der Waals surface area contributed by atoms with Crippen LogP contribution in [0.4, 0.5) is 0 Å². The van der Waals surface area contributed by atoms with Crippen LogP contribution in [0.15, 0.2) is 17.0 Å². The molecular weight excluding hydrogens is 380 g/mol. The van der Waals surface area contributed by atoms with Gasteiger partial charge in [-0.2, -0.15) is 4.31 Å². The van der Waals surface area contributed by atoms with Crippen LogP contribution in [0.25, 0.3) is 0 Å². The molecule has 9 heteroatoms. The highest BCUT2D eigenvalue weighted by Crippen LogP contribution is 2.40. The second-order valence-electron chi connectivity index (χ2n) is 6.02. The second-order valence-corrected chi connectivity index (χ2v) is 7.89. The first kappa shape index (κ1) is 22.8. The quantitative estimate of drug-likeness (QED) is 0.710. The molecule has 0 unspecified atom stereocenters. The van der Waals surface area contributed by atoms with Crippen molar-refractivity contribution >= 4 is 22.4 Å². The molecule has 1 aromatic carbocycles. The summed E-state index contributed by atoms with van der Waals surface area (Å²) in [5, 5.41) is 3.33. The summed E-state index contributed by atoms with van der Waals surface area (Å²) < 4.78 is 43.7. The van der Waals surface area contributed by atoms with Crippen LogP contribution in [0.5, 0.6) is 17.2 Å². The number of hydrogen-bond donors (Lipinski definition) is 1. The molecule has 1 heterocycles. The van der Waals surface area contributed by atoms with Gasteiger partial charge in [-0.15, -0.1) is 12.4 Å². The van der Waals surface area contributed by atoms with Crippen molar-refractivity contribution in [1.82, 2.24) is 9.62 Å². The number of nitrogens with one attached hydrogen (secondary N) is 1. The van der Waals surface area contributed by atoms with E-state index in [0.717, 1.165) is 25.9 Å². The smallest absolute Gasteiger partial charge is 0.250 e. The summed E-state index contributed by atoms with van der Waals surface area (Å²) in [5.74, 6) is 1.44. The van der Waals surface area contributed by atoms with Crippen LogP contribution in [0.2, 0.25) is 0 Å². The zero-order valence-electron chi connectivity index (χ0n) is 15.8. The Bertz CT molecular complexity index is 651. The molecule has 0 bridgehead atoms. The van der Waals surface area contributed by atoms with Gasteiger partial charge in [-0.3, -0.25) is 0 Å². The third kappa shape index (κ3) is 4.94. The number of rotatable bonds is 8. The van der Waals surface area contributed by atoms with Gasteiger partial charge in [0, 0.05) is 25.2 Å². The Morgan fingerprint density at radius 2 is 1.62 bits per heavy atom. The van der Waals surface area contributed by atoms with E-state index in [9.17, 15) is 8.42 Å². The minimum atomic E-state index is -3.71. The molecule has 0 aromatic heterocycles. The summed E-state index contributed by atoms with van der Waals surface area (Å²) in [6.07, 6.45) is 1.68. The maximum atomic E-state index is 13.2. The van der Waals surface area contributed by atoms with Crippen LogP contribution in [0.3, 0.4) is 0 Å². The molecule has 0 atom stereocenters. The lowest BCUT2D eigenvalue weighted by Crippen LogP contribution is -2.40. The number of ether oxygens (including phenoxy) is 3. The first-order valence-electron chi connectivity index (χ1n) is 8.48. The molecule has 1 aromatic rings. The van der Waals surface area contributed by atoms with E-state index in [1.807, 2.05) is 0 Å². The molecule has 0 saturated carbocycles. The topological polar surface area (TPSA) is 77.1 Å². The minimum absolute atomic E-state index is 0. The van der Waals surface area contributed by atoms with Gasteiger partial charge in [0.1, 0.15) is 17.2 Å². The van der Waals surface area contributed by atoms with Gasteiger partial charge in [0.2, 0.25) is 10.0 Å². The van der Waals surface area contributed by atoms with E-state index in [1.165, 1.54) is 25.6 Å². The van der Waals surface area contributed by atoms with E-state index in [0.29, 0.717) is 24.8 Å². The fourth-order valence-corrected chi connectivity index (χ4v) is 4.80. The predicted molar refractivity (Wildman–Crippen MR) is 103 cm³/mol. The number of halogens is 1. The van der Waals surface area contributed by atoms with E-state index in [4.69, 9.17) is 14.2 Å². The van der Waals surface area contributed by atoms with Gasteiger partial charge in [0.25, 0.3) is 0 Å². The van der Waals surface area contributed by atoms with Crippen LogP contribution in [-0.4, -0.2) is 60.2 Å². The van der Waals surface area contributed by atoms with Crippen LogP contribution in [0, 0.1) is 5.92 Å². The average Bonchev–Trinajstić information content (AvgIpc) is 2.65. The highest BCUT2D eigenvalue weighted by atomic mass is 35.5. The van der Waals surface area contributed by atoms with Gasteiger partial charge in [-0.05, 0) is 31.8 Å². The number of hydrogen-bond acceptors (Lipinski definition) is 6. The second kappa shape index (κ2) is 10.2. The summed E-state index contributed by atoms with van der Waals surface area (Å²) in [4.78, 5) is 0.0587. The first-order valence-corrected chi connectivity index (χ1v) is 9.92. The normalized spacial score (nSPS) is 16.0. The van der Waals surface area contributed by atoms with Crippen molar-refractivity contribution in [3.63, 3.8) is 0 Å². The van der Waals surface area contributed by atoms with Gasteiger partial charge >= 0.3 is 0 Å². The largest absolute Gasteiger partial charge is 0.496 e. The van der Waals surface area contributed by atoms with Crippen molar-refractivity contribution in [3.8, 4) is 17.2 Å². The van der Waals surface area contributed by atoms with E-state index < -0.39 is 10.0 Å². The van der Waals surface area contributed by atoms with E-state index in [2.05, 4.69) is 12.2 Å². The third-order valence-electron chi connectivity index (χ3n) is 4.52. The van der Waals surface area contributed by atoms with Gasteiger partial charge < -0.3 is 19.5 Å². The van der Waals surface area contributed by atoms with Crippen molar-refractivity contribution in [1.29, 1.82) is 0 Å². The number of benzene rings is 1. The summed E-state index contributed by atoms with van der Waals surface area (Å²) in [6.45, 7) is 4.92. The molecule has 1 fully saturated rings. The van der Waals surface area contributed by atoms with Gasteiger partial charge in [0.05, 0.1) is 21.3 Å². The Kier molecular flexibility index (Phi) is 8.95. The average molecular weight is 409 g/mol. The molecule has 0 aliphatic carbocycles. The van der Waals surface area contributed by atoms with E-state index >= 15 is 0 Å². The van der Waals surface area contributed by atoms with E-state index in [1.54, 1.807) is 12.1 Å². The van der Waals surface area contributed by atoms with Gasteiger partial charge in [-0.25, -0.2) is 8.42 Å². The van der Waals surface area contributed by atoms with Crippen molar-refractivity contribution in [2.45, 2.75) is 24.7 Å². The SMILES string of the molecule is CCNCC1CCN(S(=O)(=O)c2c(OC)cc(OC)cc2OC)CC1.Cl. The fraction of sp³-hybridized carbons (Fsp3) is 0.647. The first-order chi connectivity index (χ1) is 12.0. The molecular formula is C17H29ClN2O5S. The van der Waals surface area contributed by atoms with Gasteiger partial charge in [0.15, 0.2) is 4.90 Å². The lowest BCUT2D eigenvalue weighted by Gasteiger charge is -2.32. The number of nitrogens with zero attached hydrogens (tertiary/aromatic N) is 1. The minimum Gasteiger partial charge on any atom is -0.496 e. The molecule has 0 radical (unpaired) electrons. The van der Waals surface area contributed by atoms with Crippen LogP contribution in [-0.2, 0) is 10.0 Å². The molecule has 1 aliphatic heterocycles. The van der Waals surface area contributed by atoms with Crippen molar-refractivity contribution in [3.05, 3.63) is 12.1 Å². The summed E-state index contributed by atoms with van der Waals surface area (Å²) in [6, 6.07) is 3.13. The lowest BCUT2D eigenvalue weighted by molar-refractivity contribution is 0.266. The molecule has 0 spiro atoms. The van der Waals surface area contributed by atoms with Crippen molar-refractivity contribution in [2.75, 3.05) is 47.5 Å². The van der Waals surface area contributed by atoms with Crippen LogP contribution >= 0.6 is 12.4 Å². The molecule has 2 rings (SSSR count). The maximum absolute atomic E-state index is 13.2. The standard InChI is InChI=1S/C17H28N2O5S.ClH/c1-5-18-12-13-6-8-19(9-7-13)25(20,21)17-15(23-3)10-14(22-2)11-16(17)24-4;/h10-11,13,18H,5-9,12H2,1-4H3;1H. The Labute approximate surface area is 162 Å². The fourth-order valence-electron chi connectivity index (χ4n) is 3.06. The summed E-state index contributed by atoms with van der Waals surface area (Å²) in [5.41, 5.74) is 0. The molecule has 0 amide bonds. The molecule has 7 nitrogen and oxygen atoms in total. The lowest BCUT2D eigenvalue weighted by atomic mass is 9.98. The van der Waals surface area contributed by atoms with Crippen molar-refractivity contribution < 1.29 is 22.6 Å². The Hall–Kier alpha value is -1.22. The Morgan fingerprint density at radius 3 is 2.04 bits per heavy atom. The molecule has 26 heavy (non-hydrogen) atoms. The number of sulfonamides is 1. The third-order valence-corrected chi connectivity index (χ3v) is 6.49. The Morgan fingerprint density at radius 1 is 1.08 bits per heavy atom. The number of methoxy groups -OCH3 is 3. The predicted octanol–water partition coefficient (Wildman–Crippen LogP) is 2.14. The van der Waals surface area contributed by atoms with Crippen molar-refractivity contribution in [2.24, 2.45) is 5.92 Å². The van der Waals surface area contributed by atoms with Gasteiger partial charge in [-0.1, -0.05) is 6.92 Å². The molecule has 1 aliphatic rings. The maximum Gasteiger partial charge on any atom is 0.250 e. The highest BCUT2D eigenvalue weighted by molar-refractivity contribution is 7.89. The summed E-state index contributed by atoms with van der Waals surface area (Å²) in [7, 11) is 0.683. The zero-order chi connectivity index (χ0) is 18.4. The Balaban J connectivity index is 0.00000338. The molecule has 1 saturated heterocycles. The highest BCUT2D eigenvalue weighted by Gasteiger charge is 2.34. The monoisotopic (exact) mass is 408 g/mol. The van der Waals surface area contributed by atoms with Crippen LogP contribution in [0.1, 0.15) is 19.8 Å². The number of piperidine rings is 1. The zero-order valence-corrected chi connectivity index (χ0v) is 17.4. The summed E-state index contributed by atoms with van der Waals surface area (Å²) >= 11 is 0. The molecule has 1 N–H and O–H groups in total.